The number of ether oxygens (including phenoxy) is 1. The van der Waals surface area contributed by atoms with Crippen LogP contribution in [-0.2, 0) is 11.3 Å². The second kappa shape index (κ2) is 7.05. The van der Waals surface area contributed by atoms with Gasteiger partial charge >= 0.3 is 11.9 Å². The highest BCUT2D eigenvalue weighted by molar-refractivity contribution is 6.06. The van der Waals surface area contributed by atoms with Crippen molar-refractivity contribution in [2.45, 2.75) is 13.5 Å². The van der Waals surface area contributed by atoms with Gasteiger partial charge in [-0.05, 0) is 12.5 Å². The molecule has 0 aliphatic heterocycles. The number of pyridine rings is 1. The van der Waals surface area contributed by atoms with Crippen LogP contribution in [0.25, 0.3) is 11.1 Å². The van der Waals surface area contributed by atoms with Crippen molar-refractivity contribution in [1.29, 1.82) is 0 Å². The van der Waals surface area contributed by atoms with Crippen molar-refractivity contribution in [3.8, 4) is 11.1 Å². The molecule has 25 heavy (non-hydrogen) atoms. The van der Waals surface area contributed by atoms with E-state index < -0.39 is 29.0 Å². The van der Waals surface area contributed by atoms with E-state index >= 15 is 0 Å². The van der Waals surface area contributed by atoms with Crippen LogP contribution in [0.4, 0.5) is 5.69 Å². The molecule has 9 nitrogen and oxygen atoms in total. The Morgan fingerprint density at radius 3 is 2.52 bits per heavy atom. The number of esters is 1. The summed E-state index contributed by atoms with van der Waals surface area (Å²) in [4.78, 5) is 38.2. The molecular weight excluding hydrogens is 332 g/mol. The van der Waals surface area contributed by atoms with Gasteiger partial charge in [-0.3, -0.25) is 15.1 Å². The van der Waals surface area contributed by atoms with E-state index in [1.165, 1.54) is 25.1 Å². The van der Waals surface area contributed by atoms with E-state index in [1.807, 2.05) is 0 Å². The van der Waals surface area contributed by atoms with Crippen LogP contribution in [0, 0.1) is 17.0 Å². The molecule has 0 atom stereocenters. The summed E-state index contributed by atoms with van der Waals surface area (Å²) in [7, 11) is 1.12. The molecule has 1 aromatic heterocycles. The molecule has 2 N–H and O–H groups in total. The van der Waals surface area contributed by atoms with Crippen LogP contribution in [0.15, 0.2) is 24.3 Å². The average molecular weight is 346 g/mol. The molecule has 0 saturated carbocycles. The Morgan fingerprint density at radius 2 is 2.00 bits per heavy atom. The number of aliphatic hydroxyl groups is 1. The molecule has 9 heteroatoms. The van der Waals surface area contributed by atoms with E-state index in [4.69, 9.17) is 4.74 Å². The van der Waals surface area contributed by atoms with Gasteiger partial charge in [0.05, 0.1) is 41.2 Å². The minimum absolute atomic E-state index is 0.0837. The lowest BCUT2D eigenvalue weighted by Gasteiger charge is -2.16. The SMILES string of the molecule is COC(=O)c1c(C)nc(CO)c(C(=O)O)c1-c1cccc([N+](=O)[O-])c1. The van der Waals surface area contributed by atoms with Crippen LogP contribution in [0.1, 0.15) is 32.1 Å². The van der Waals surface area contributed by atoms with Crippen LogP contribution < -0.4 is 0 Å². The third-order valence-electron chi connectivity index (χ3n) is 3.55. The van der Waals surface area contributed by atoms with E-state index in [2.05, 4.69) is 4.98 Å². The van der Waals surface area contributed by atoms with Crippen LogP contribution in [0.2, 0.25) is 0 Å². The number of carboxylic acids is 1. The number of carbonyl (C=O) groups excluding carboxylic acids is 1. The van der Waals surface area contributed by atoms with Crippen molar-refractivity contribution in [3.05, 3.63) is 56.9 Å². The van der Waals surface area contributed by atoms with E-state index in [0.717, 1.165) is 13.2 Å². The van der Waals surface area contributed by atoms with Crippen LogP contribution >= 0.6 is 0 Å². The first kappa shape index (κ1) is 18.0. The van der Waals surface area contributed by atoms with Crippen molar-refractivity contribution >= 4 is 17.6 Å². The number of aromatic nitrogens is 1. The van der Waals surface area contributed by atoms with E-state index in [0.29, 0.717) is 0 Å². The van der Waals surface area contributed by atoms with Gasteiger partial charge in [0.25, 0.3) is 5.69 Å². The van der Waals surface area contributed by atoms with E-state index in [1.54, 1.807) is 0 Å². The standard InChI is InChI=1S/C16H14N2O7/c1-8-12(16(22)25-2)13(14(15(20)21)11(7-19)17-8)9-4-3-5-10(6-9)18(23)24/h3-6,19H,7H2,1-2H3,(H,20,21). The maximum Gasteiger partial charge on any atom is 0.340 e. The second-order valence-electron chi connectivity index (χ2n) is 5.03. The molecule has 2 aromatic rings. The minimum Gasteiger partial charge on any atom is -0.478 e. The van der Waals surface area contributed by atoms with Gasteiger partial charge in [0.2, 0.25) is 0 Å². The summed E-state index contributed by atoms with van der Waals surface area (Å²) in [6.07, 6.45) is 0. The lowest BCUT2D eigenvalue weighted by molar-refractivity contribution is -0.384. The number of carbonyl (C=O) groups is 2. The number of nitro benzene ring substituents is 1. The summed E-state index contributed by atoms with van der Waals surface area (Å²) < 4.78 is 4.70. The first-order valence-electron chi connectivity index (χ1n) is 7.02. The Balaban J connectivity index is 2.96. The highest BCUT2D eigenvalue weighted by Crippen LogP contribution is 2.33. The second-order valence-corrected chi connectivity index (χ2v) is 5.03. The Hall–Kier alpha value is -3.33. The molecule has 0 spiro atoms. The van der Waals surface area contributed by atoms with Crippen molar-refractivity contribution in [3.63, 3.8) is 0 Å². The number of aromatic carboxylic acids is 1. The highest BCUT2D eigenvalue weighted by Gasteiger charge is 2.28. The number of non-ortho nitro benzene ring substituents is 1. The number of nitrogens with zero attached hydrogens (tertiary/aromatic N) is 2. The maximum absolute atomic E-state index is 12.2. The number of aliphatic hydroxyl groups excluding tert-OH is 1. The fourth-order valence-electron chi connectivity index (χ4n) is 2.52. The molecule has 0 unspecified atom stereocenters. The Kier molecular flexibility index (Phi) is 5.08. The zero-order chi connectivity index (χ0) is 18.7. The summed E-state index contributed by atoms with van der Waals surface area (Å²) in [5, 5.41) is 30.0. The highest BCUT2D eigenvalue weighted by atomic mass is 16.6. The molecule has 0 saturated heterocycles. The van der Waals surface area contributed by atoms with Gasteiger partial charge in [0, 0.05) is 17.7 Å². The van der Waals surface area contributed by atoms with E-state index in [9.17, 15) is 29.9 Å². The molecule has 0 bridgehead atoms. The monoisotopic (exact) mass is 346 g/mol. The smallest absolute Gasteiger partial charge is 0.340 e. The van der Waals surface area contributed by atoms with Gasteiger partial charge in [-0.25, -0.2) is 9.59 Å². The van der Waals surface area contributed by atoms with E-state index in [-0.39, 0.29) is 33.8 Å². The fourth-order valence-corrected chi connectivity index (χ4v) is 2.52. The molecule has 0 fully saturated rings. The molecular formula is C16H14N2O7. The predicted octanol–water partition coefficient (Wildman–Crippen LogP) is 1.94. The Labute approximate surface area is 141 Å². The minimum atomic E-state index is -1.43. The van der Waals surface area contributed by atoms with Crippen LogP contribution in [-0.4, -0.2) is 39.2 Å². The van der Waals surface area contributed by atoms with Crippen LogP contribution in [0.3, 0.4) is 0 Å². The number of carboxylic acid groups (broad SMARTS) is 1. The van der Waals surface area contributed by atoms with Gasteiger partial charge in [0.15, 0.2) is 0 Å². The Bertz CT molecular complexity index is 877. The van der Waals surface area contributed by atoms with Gasteiger partial charge in [0.1, 0.15) is 0 Å². The first-order chi connectivity index (χ1) is 11.8. The maximum atomic E-state index is 12.2. The quantitative estimate of drug-likeness (QED) is 0.475. The number of methoxy groups -OCH3 is 1. The van der Waals surface area contributed by atoms with Crippen molar-refractivity contribution in [1.82, 2.24) is 4.98 Å². The summed E-state index contributed by atoms with van der Waals surface area (Å²) in [5.74, 6) is -2.26. The Morgan fingerprint density at radius 1 is 1.32 bits per heavy atom. The summed E-state index contributed by atoms with van der Waals surface area (Å²) >= 11 is 0. The fraction of sp³-hybridized carbons (Fsp3) is 0.188. The summed E-state index contributed by atoms with van der Waals surface area (Å²) in [6.45, 7) is 0.781. The largest absolute Gasteiger partial charge is 0.478 e. The lowest BCUT2D eigenvalue weighted by Crippen LogP contribution is -2.16. The summed E-state index contributed by atoms with van der Waals surface area (Å²) in [5.41, 5.74) is -0.773. The molecule has 2 rings (SSSR count). The molecule has 0 aliphatic rings. The molecule has 0 amide bonds. The average Bonchev–Trinajstić information content (AvgIpc) is 2.59. The van der Waals surface area contributed by atoms with Gasteiger partial charge < -0.3 is 14.9 Å². The topological polar surface area (TPSA) is 140 Å². The van der Waals surface area contributed by atoms with Crippen LogP contribution in [0.5, 0.6) is 0 Å². The molecule has 1 heterocycles. The number of aryl methyl sites for hydroxylation is 1. The molecule has 0 radical (unpaired) electrons. The molecule has 1 aromatic carbocycles. The zero-order valence-corrected chi connectivity index (χ0v) is 13.3. The van der Waals surface area contributed by atoms with Crippen molar-refractivity contribution in [2.75, 3.05) is 7.11 Å². The normalized spacial score (nSPS) is 10.4. The first-order valence-corrected chi connectivity index (χ1v) is 7.02. The van der Waals surface area contributed by atoms with Gasteiger partial charge in [-0.2, -0.15) is 0 Å². The molecule has 0 aliphatic carbocycles. The van der Waals surface area contributed by atoms with Crippen molar-refractivity contribution in [2.24, 2.45) is 0 Å². The number of nitro groups is 1. The zero-order valence-electron chi connectivity index (χ0n) is 13.3. The third kappa shape index (κ3) is 3.31. The predicted molar refractivity (Wildman–Crippen MR) is 85.3 cm³/mol. The van der Waals surface area contributed by atoms with Gasteiger partial charge in [-0.15, -0.1) is 0 Å². The number of hydrogen-bond acceptors (Lipinski definition) is 7. The van der Waals surface area contributed by atoms with Gasteiger partial charge in [-0.1, -0.05) is 12.1 Å². The third-order valence-corrected chi connectivity index (χ3v) is 3.55. The number of hydrogen-bond donors (Lipinski definition) is 2. The van der Waals surface area contributed by atoms with Crippen molar-refractivity contribution < 1.29 is 29.5 Å². The molecule has 130 valence electrons. The summed E-state index contributed by atoms with van der Waals surface area (Å²) in [6, 6.07) is 5.19. The number of rotatable bonds is 5. The number of benzene rings is 1. The lowest BCUT2D eigenvalue weighted by atomic mass is 9.92.